The van der Waals surface area contributed by atoms with Gasteiger partial charge in [-0.1, -0.05) is 25.7 Å². The number of rotatable bonds is 3. The van der Waals surface area contributed by atoms with Crippen LogP contribution in [0.3, 0.4) is 0 Å². The predicted molar refractivity (Wildman–Crippen MR) is 84.2 cm³/mol. The summed E-state index contributed by atoms with van der Waals surface area (Å²) >= 11 is 3.38. The van der Waals surface area contributed by atoms with Crippen LogP contribution in [-0.2, 0) is 0 Å². The summed E-state index contributed by atoms with van der Waals surface area (Å²) in [7, 11) is 1.56. The van der Waals surface area contributed by atoms with Gasteiger partial charge in [0.05, 0.1) is 18.7 Å². The van der Waals surface area contributed by atoms with Crippen molar-refractivity contribution in [1.82, 2.24) is 5.32 Å². The largest absolute Gasteiger partial charge is 0.497 e. The van der Waals surface area contributed by atoms with Crippen molar-refractivity contribution >= 4 is 21.8 Å². The number of carbonyl (C=O) groups is 1. The third-order valence-electron chi connectivity index (χ3n) is 3.94. The second kappa shape index (κ2) is 6.95. The van der Waals surface area contributed by atoms with E-state index in [1.54, 1.807) is 25.3 Å². The molecule has 0 aromatic heterocycles. The average Bonchev–Trinajstić information content (AvgIpc) is 2.74. The third kappa shape index (κ3) is 3.76. The molecule has 1 N–H and O–H groups in total. The van der Waals surface area contributed by atoms with Crippen molar-refractivity contribution in [3.63, 3.8) is 0 Å². The normalized spacial score (nSPS) is 17.4. The first kappa shape index (κ1) is 15.8. The number of halogens is 1. The molecular weight excluding hydrogens is 332 g/mol. The maximum atomic E-state index is 12.5. The lowest BCUT2D eigenvalue weighted by Gasteiger charge is -2.26. The zero-order chi connectivity index (χ0) is 15.3. The Morgan fingerprint density at radius 2 is 2.00 bits per heavy atom. The van der Waals surface area contributed by atoms with Crippen LogP contribution in [0.2, 0.25) is 0 Å². The number of hydrogen-bond donors (Lipinski definition) is 1. The molecule has 4 nitrogen and oxygen atoms in total. The van der Waals surface area contributed by atoms with Crippen molar-refractivity contribution in [3.05, 3.63) is 28.2 Å². The van der Waals surface area contributed by atoms with Gasteiger partial charge in [-0.3, -0.25) is 4.79 Å². The van der Waals surface area contributed by atoms with Gasteiger partial charge in [-0.2, -0.15) is 5.26 Å². The molecule has 0 radical (unpaired) electrons. The zero-order valence-electron chi connectivity index (χ0n) is 12.1. The molecule has 2 rings (SSSR count). The lowest BCUT2D eigenvalue weighted by Crippen LogP contribution is -2.47. The Bertz CT molecular complexity index is 558. The van der Waals surface area contributed by atoms with Gasteiger partial charge in [-0.05, 0) is 47.0 Å². The Labute approximate surface area is 133 Å². The van der Waals surface area contributed by atoms with E-state index in [4.69, 9.17) is 4.74 Å². The molecule has 21 heavy (non-hydrogen) atoms. The quantitative estimate of drug-likeness (QED) is 0.843. The van der Waals surface area contributed by atoms with Gasteiger partial charge >= 0.3 is 0 Å². The second-order valence-corrected chi connectivity index (χ2v) is 6.26. The molecule has 0 spiro atoms. The minimum Gasteiger partial charge on any atom is -0.497 e. The summed E-state index contributed by atoms with van der Waals surface area (Å²) in [6.45, 7) is 0. The topological polar surface area (TPSA) is 62.1 Å². The van der Waals surface area contributed by atoms with Gasteiger partial charge in [0.1, 0.15) is 11.3 Å². The molecule has 0 unspecified atom stereocenters. The lowest BCUT2D eigenvalue weighted by molar-refractivity contribution is 0.0911. The molecule has 0 heterocycles. The number of carbonyl (C=O) groups excluding carboxylic acids is 1. The fourth-order valence-corrected chi connectivity index (χ4v) is 3.11. The van der Waals surface area contributed by atoms with E-state index in [2.05, 4.69) is 27.3 Å². The molecule has 0 atom stereocenters. The molecule has 1 aromatic rings. The highest BCUT2D eigenvalue weighted by molar-refractivity contribution is 9.10. The van der Waals surface area contributed by atoms with Crippen molar-refractivity contribution in [1.29, 1.82) is 5.26 Å². The number of nitrogens with zero attached hydrogens (tertiary/aromatic N) is 1. The van der Waals surface area contributed by atoms with Gasteiger partial charge in [0.15, 0.2) is 0 Å². The summed E-state index contributed by atoms with van der Waals surface area (Å²) in [6.07, 6.45) is 5.65. The van der Waals surface area contributed by atoms with E-state index in [0.717, 1.165) is 38.5 Å². The molecule has 1 aliphatic rings. The van der Waals surface area contributed by atoms with E-state index >= 15 is 0 Å². The van der Waals surface area contributed by atoms with Crippen LogP contribution in [0.5, 0.6) is 5.75 Å². The monoisotopic (exact) mass is 350 g/mol. The number of amides is 1. The SMILES string of the molecule is COc1ccc(Br)c(C(=O)NC2(C#N)CCCCCC2)c1. The van der Waals surface area contributed by atoms with Crippen LogP contribution in [0.25, 0.3) is 0 Å². The number of methoxy groups -OCH3 is 1. The van der Waals surface area contributed by atoms with E-state index in [9.17, 15) is 10.1 Å². The maximum absolute atomic E-state index is 12.5. The van der Waals surface area contributed by atoms with Gasteiger partial charge < -0.3 is 10.1 Å². The zero-order valence-corrected chi connectivity index (χ0v) is 13.7. The minimum atomic E-state index is -0.740. The van der Waals surface area contributed by atoms with Crippen molar-refractivity contribution < 1.29 is 9.53 Å². The Morgan fingerprint density at radius 1 is 1.33 bits per heavy atom. The molecule has 0 aliphatic heterocycles. The Hall–Kier alpha value is -1.54. The van der Waals surface area contributed by atoms with Crippen molar-refractivity contribution in [3.8, 4) is 11.8 Å². The minimum absolute atomic E-state index is 0.232. The predicted octanol–water partition coefficient (Wildman–Crippen LogP) is 3.80. The molecular formula is C16H19BrN2O2. The Kier molecular flexibility index (Phi) is 5.24. The van der Waals surface area contributed by atoms with Gasteiger partial charge in [-0.25, -0.2) is 0 Å². The molecule has 1 aromatic carbocycles. The number of hydrogen-bond acceptors (Lipinski definition) is 3. The molecule has 1 fully saturated rings. The smallest absolute Gasteiger partial charge is 0.253 e. The highest BCUT2D eigenvalue weighted by Gasteiger charge is 2.33. The van der Waals surface area contributed by atoms with Gasteiger partial charge in [-0.15, -0.1) is 0 Å². The van der Waals surface area contributed by atoms with Gasteiger partial charge in [0, 0.05) is 4.47 Å². The average molecular weight is 351 g/mol. The van der Waals surface area contributed by atoms with Crippen LogP contribution in [0.15, 0.2) is 22.7 Å². The molecule has 1 saturated carbocycles. The first-order valence-electron chi connectivity index (χ1n) is 7.17. The standard InChI is InChI=1S/C16H19BrN2O2/c1-21-12-6-7-14(17)13(10-12)15(20)19-16(11-18)8-4-2-3-5-9-16/h6-7,10H,2-5,8-9H2,1H3,(H,19,20). The first-order valence-corrected chi connectivity index (χ1v) is 7.97. The number of ether oxygens (including phenoxy) is 1. The highest BCUT2D eigenvalue weighted by atomic mass is 79.9. The van der Waals surface area contributed by atoms with Crippen LogP contribution >= 0.6 is 15.9 Å². The molecule has 5 heteroatoms. The summed E-state index contributed by atoms with van der Waals surface area (Å²) in [5.41, 5.74) is -0.246. The molecule has 1 aliphatic carbocycles. The van der Waals surface area contributed by atoms with Crippen molar-refractivity contribution in [2.24, 2.45) is 0 Å². The van der Waals surface area contributed by atoms with E-state index in [1.807, 2.05) is 0 Å². The summed E-state index contributed by atoms with van der Waals surface area (Å²) in [5.74, 6) is 0.388. The summed E-state index contributed by atoms with van der Waals surface area (Å²) in [6, 6.07) is 7.57. The van der Waals surface area contributed by atoms with Gasteiger partial charge in [0.2, 0.25) is 0 Å². The molecule has 0 saturated heterocycles. The fraction of sp³-hybridized carbons (Fsp3) is 0.500. The third-order valence-corrected chi connectivity index (χ3v) is 4.63. The molecule has 0 bridgehead atoms. The lowest BCUT2D eigenvalue weighted by atomic mass is 9.91. The second-order valence-electron chi connectivity index (χ2n) is 5.41. The molecule has 112 valence electrons. The van der Waals surface area contributed by atoms with E-state index < -0.39 is 5.54 Å². The van der Waals surface area contributed by atoms with Crippen LogP contribution < -0.4 is 10.1 Å². The van der Waals surface area contributed by atoms with E-state index in [1.165, 1.54) is 0 Å². The van der Waals surface area contributed by atoms with Crippen LogP contribution in [0.1, 0.15) is 48.9 Å². The number of nitrogens with one attached hydrogen (secondary N) is 1. The Balaban J connectivity index is 2.21. The van der Waals surface area contributed by atoms with E-state index in [0.29, 0.717) is 15.8 Å². The number of nitriles is 1. The van der Waals surface area contributed by atoms with Crippen LogP contribution in [0.4, 0.5) is 0 Å². The molecule has 1 amide bonds. The highest BCUT2D eigenvalue weighted by Crippen LogP contribution is 2.28. The van der Waals surface area contributed by atoms with Crippen LogP contribution in [0, 0.1) is 11.3 Å². The Morgan fingerprint density at radius 3 is 2.57 bits per heavy atom. The fourth-order valence-electron chi connectivity index (χ4n) is 2.69. The summed E-state index contributed by atoms with van der Waals surface area (Å²) < 4.78 is 5.85. The summed E-state index contributed by atoms with van der Waals surface area (Å²) in [4.78, 5) is 12.5. The first-order chi connectivity index (χ1) is 10.1. The summed E-state index contributed by atoms with van der Waals surface area (Å²) in [5, 5.41) is 12.5. The maximum Gasteiger partial charge on any atom is 0.253 e. The van der Waals surface area contributed by atoms with Crippen molar-refractivity contribution in [2.75, 3.05) is 7.11 Å². The van der Waals surface area contributed by atoms with Crippen molar-refractivity contribution in [2.45, 2.75) is 44.1 Å². The number of benzene rings is 1. The van der Waals surface area contributed by atoms with E-state index in [-0.39, 0.29) is 5.91 Å². The van der Waals surface area contributed by atoms with Gasteiger partial charge in [0.25, 0.3) is 5.91 Å². The van der Waals surface area contributed by atoms with Crippen LogP contribution in [-0.4, -0.2) is 18.6 Å².